The van der Waals surface area contributed by atoms with E-state index in [0.29, 0.717) is 0 Å². The van der Waals surface area contributed by atoms with Gasteiger partial charge >= 0.3 is 0 Å². The largest absolute Gasteiger partial charge is 0.336 e. The molecule has 132 valence electrons. The van der Waals surface area contributed by atoms with Gasteiger partial charge in [-0.2, -0.15) is 0 Å². The molecule has 0 aliphatic carbocycles. The smallest absolute Gasteiger partial charge is 0.253 e. The van der Waals surface area contributed by atoms with Crippen LogP contribution in [0.3, 0.4) is 0 Å². The molecule has 1 amide bonds. The van der Waals surface area contributed by atoms with Crippen molar-refractivity contribution in [3.05, 3.63) is 35.4 Å². The van der Waals surface area contributed by atoms with E-state index in [0.717, 1.165) is 62.5 Å². The molecule has 0 N–H and O–H groups in total. The zero-order valence-corrected chi connectivity index (χ0v) is 15.4. The number of likely N-dealkylation sites (tertiary alicyclic amines) is 1. The first kappa shape index (κ1) is 17.4. The second-order valence-corrected chi connectivity index (χ2v) is 7.52. The second kappa shape index (κ2) is 7.66. The van der Waals surface area contributed by atoms with Gasteiger partial charge in [0.25, 0.3) is 5.91 Å². The summed E-state index contributed by atoms with van der Waals surface area (Å²) in [7, 11) is 0. The summed E-state index contributed by atoms with van der Waals surface area (Å²) in [6, 6.07) is 9.38. The standard InChI is InChI=1S/C20H31N3O/c1-16-5-4-6-19(15-16)20(24)22-12-9-21(10-13-22)11-14-23-17(2)7-8-18(23)3/h4-6,15,17-18H,7-14H2,1-3H3/t17-,18-/m0/s1. The van der Waals surface area contributed by atoms with Crippen molar-refractivity contribution in [3.8, 4) is 0 Å². The fourth-order valence-corrected chi connectivity index (χ4v) is 4.08. The average molecular weight is 329 g/mol. The van der Waals surface area contributed by atoms with Gasteiger partial charge in [-0.3, -0.25) is 14.6 Å². The van der Waals surface area contributed by atoms with Gasteiger partial charge in [0.15, 0.2) is 0 Å². The SMILES string of the molecule is Cc1cccc(C(=O)N2CCN(CCN3[C@@H](C)CC[C@@H]3C)CC2)c1. The molecule has 0 aromatic heterocycles. The number of aryl methyl sites for hydroxylation is 1. The van der Waals surface area contributed by atoms with Crippen LogP contribution in [-0.2, 0) is 0 Å². The lowest BCUT2D eigenvalue weighted by atomic mass is 10.1. The van der Waals surface area contributed by atoms with Crippen molar-refractivity contribution >= 4 is 5.91 Å². The Hall–Kier alpha value is -1.39. The van der Waals surface area contributed by atoms with Crippen LogP contribution in [0.15, 0.2) is 24.3 Å². The molecule has 4 heteroatoms. The molecule has 3 rings (SSSR count). The van der Waals surface area contributed by atoms with Crippen LogP contribution in [0, 0.1) is 6.92 Å². The summed E-state index contributed by atoms with van der Waals surface area (Å²) in [6.45, 7) is 12.7. The Labute approximate surface area is 146 Å². The van der Waals surface area contributed by atoms with E-state index in [1.165, 1.54) is 12.8 Å². The first-order valence-corrected chi connectivity index (χ1v) is 9.38. The van der Waals surface area contributed by atoms with Crippen LogP contribution in [0.5, 0.6) is 0 Å². The van der Waals surface area contributed by atoms with Crippen LogP contribution in [0.1, 0.15) is 42.6 Å². The number of piperazine rings is 1. The molecule has 0 unspecified atom stereocenters. The zero-order chi connectivity index (χ0) is 17.1. The number of benzene rings is 1. The number of carbonyl (C=O) groups is 1. The van der Waals surface area contributed by atoms with Crippen molar-refractivity contribution in [1.82, 2.24) is 14.7 Å². The average Bonchev–Trinajstić information content (AvgIpc) is 2.91. The van der Waals surface area contributed by atoms with E-state index in [1.54, 1.807) is 0 Å². The van der Waals surface area contributed by atoms with Gasteiger partial charge < -0.3 is 4.90 Å². The maximum Gasteiger partial charge on any atom is 0.253 e. The van der Waals surface area contributed by atoms with Crippen molar-refractivity contribution in [3.63, 3.8) is 0 Å². The summed E-state index contributed by atoms with van der Waals surface area (Å²) in [5.74, 6) is 0.181. The molecular formula is C20H31N3O. The Morgan fingerprint density at radius 2 is 1.71 bits per heavy atom. The third-order valence-electron chi connectivity index (χ3n) is 5.73. The minimum atomic E-state index is 0.181. The molecule has 0 radical (unpaired) electrons. The molecule has 2 heterocycles. The molecule has 2 aliphatic heterocycles. The van der Waals surface area contributed by atoms with Crippen molar-refractivity contribution in [1.29, 1.82) is 0 Å². The topological polar surface area (TPSA) is 26.8 Å². The Bertz CT molecular complexity index is 556. The van der Waals surface area contributed by atoms with Crippen LogP contribution in [0.4, 0.5) is 0 Å². The lowest BCUT2D eigenvalue weighted by Gasteiger charge is -2.36. The Balaban J connectivity index is 1.46. The lowest BCUT2D eigenvalue weighted by Crippen LogP contribution is -2.50. The summed E-state index contributed by atoms with van der Waals surface area (Å²) in [5.41, 5.74) is 1.97. The van der Waals surface area contributed by atoms with E-state index in [9.17, 15) is 4.79 Å². The molecule has 2 fully saturated rings. The molecule has 2 saturated heterocycles. The van der Waals surface area contributed by atoms with E-state index in [1.807, 2.05) is 36.1 Å². The summed E-state index contributed by atoms with van der Waals surface area (Å²) in [4.78, 5) is 19.8. The van der Waals surface area contributed by atoms with Gasteiger partial charge in [0.2, 0.25) is 0 Å². The van der Waals surface area contributed by atoms with Crippen molar-refractivity contribution in [2.45, 2.75) is 45.7 Å². The Morgan fingerprint density at radius 3 is 2.33 bits per heavy atom. The van der Waals surface area contributed by atoms with Crippen LogP contribution in [0.2, 0.25) is 0 Å². The minimum Gasteiger partial charge on any atom is -0.336 e. The molecule has 1 aromatic rings. The molecular weight excluding hydrogens is 298 g/mol. The van der Waals surface area contributed by atoms with Gasteiger partial charge in [0.1, 0.15) is 0 Å². The van der Waals surface area contributed by atoms with Gasteiger partial charge in [0, 0.05) is 56.9 Å². The predicted octanol–water partition coefficient (Wildman–Crippen LogP) is 2.63. The fourth-order valence-electron chi connectivity index (χ4n) is 4.08. The van der Waals surface area contributed by atoms with Crippen molar-refractivity contribution in [2.75, 3.05) is 39.3 Å². The lowest BCUT2D eigenvalue weighted by molar-refractivity contribution is 0.0614. The van der Waals surface area contributed by atoms with Crippen LogP contribution in [-0.4, -0.2) is 72.0 Å². The summed E-state index contributed by atoms with van der Waals surface area (Å²) >= 11 is 0. The highest BCUT2D eigenvalue weighted by molar-refractivity contribution is 5.94. The normalized spacial score (nSPS) is 26.0. The third-order valence-corrected chi connectivity index (χ3v) is 5.73. The Kier molecular flexibility index (Phi) is 5.57. The van der Waals surface area contributed by atoms with Gasteiger partial charge in [0.05, 0.1) is 0 Å². The Morgan fingerprint density at radius 1 is 1.04 bits per heavy atom. The molecule has 1 aromatic carbocycles. The minimum absolute atomic E-state index is 0.181. The van der Waals surface area contributed by atoms with E-state index in [2.05, 4.69) is 23.6 Å². The first-order valence-electron chi connectivity index (χ1n) is 9.38. The number of rotatable bonds is 4. The van der Waals surface area contributed by atoms with Gasteiger partial charge in [-0.15, -0.1) is 0 Å². The van der Waals surface area contributed by atoms with E-state index in [4.69, 9.17) is 0 Å². The first-order chi connectivity index (χ1) is 11.5. The molecule has 0 bridgehead atoms. The summed E-state index contributed by atoms with van der Waals surface area (Å²) < 4.78 is 0. The zero-order valence-electron chi connectivity index (χ0n) is 15.4. The van der Waals surface area contributed by atoms with Crippen LogP contribution >= 0.6 is 0 Å². The summed E-state index contributed by atoms with van der Waals surface area (Å²) in [6.07, 6.45) is 2.67. The predicted molar refractivity (Wildman–Crippen MR) is 98.4 cm³/mol. The number of hydrogen-bond acceptors (Lipinski definition) is 3. The van der Waals surface area contributed by atoms with Crippen molar-refractivity contribution in [2.24, 2.45) is 0 Å². The highest BCUT2D eigenvalue weighted by atomic mass is 16.2. The quantitative estimate of drug-likeness (QED) is 0.850. The highest BCUT2D eigenvalue weighted by Gasteiger charge is 2.28. The van der Waals surface area contributed by atoms with E-state index < -0.39 is 0 Å². The second-order valence-electron chi connectivity index (χ2n) is 7.52. The van der Waals surface area contributed by atoms with Gasteiger partial charge in [-0.05, 0) is 45.7 Å². The van der Waals surface area contributed by atoms with E-state index >= 15 is 0 Å². The molecule has 0 saturated carbocycles. The molecule has 2 aliphatic rings. The number of nitrogens with zero attached hydrogens (tertiary/aromatic N) is 3. The third kappa shape index (κ3) is 3.98. The highest BCUT2D eigenvalue weighted by Crippen LogP contribution is 2.23. The number of carbonyl (C=O) groups excluding carboxylic acids is 1. The maximum atomic E-state index is 12.6. The maximum absolute atomic E-state index is 12.6. The van der Waals surface area contributed by atoms with Gasteiger partial charge in [-0.25, -0.2) is 0 Å². The van der Waals surface area contributed by atoms with Gasteiger partial charge in [-0.1, -0.05) is 17.7 Å². The van der Waals surface area contributed by atoms with Crippen LogP contribution < -0.4 is 0 Å². The molecule has 24 heavy (non-hydrogen) atoms. The van der Waals surface area contributed by atoms with Crippen LogP contribution in [0.25, 0.3) is 0 Å². The van der Waals surface area contributed by atoms with E-state index in [-0.39, 0.29) is 5.91 Å². The molecule has 0 spiro atoms. The van der Waals surface area contributed by atoms with Crippen molar-refractivity contribution < 1.29 is 4.79 Å². The fraction of sp³-hybridized carbons (Fsp3) is 0.650. The number of amides is 1. The monoisotopic (exact) mass is 329 g/mol. The number of hydrogen-bond donors (Lipinski definition) is 0. The molecule has 4 nitrogen and oxygen atoms in total. The molecule has 2 atom stereocenters. The summed E-state index contributed by atoms with van der Waals surface area (Å²) in [5, 5.41) is 0.